The van der Waals surface area contributed by atoms with E-state index < -0.39 is 6.10 Å². The highest BCUT2D eigenvalue weighted by Crippen LogP contribution is 2.15. The van der Waals surface area contributed by atoms with Gasteiger partial charge in [0.2, 0.25) is 0 Å². The van der Waals surface area contributed by atoms with Gasteiger partial charge in [-0.1, -0.05) is 265 Å². The predicted octanol–water partition coefficient (Wildman–Crippen LogP) is 19.9. The molecule has 71 heavy (non-hydrogen) atoms. The summed E-state index contributed by atoms with van der Waals surface area (Å²) in [6, 6.07) is 0. The van der Waals surface area contributed by atoms with E-state index in [2.05, 4.69) is 130 Å². The largest absolute Gasteiger partial charge is 0.462 e. The van der Waals surface area contributed by atoms with Gasteiger partial charge < -0.3 is 14.2 Å². The van der Waals surface area contributed by atoms with Crippen molar-refractivity contribution in [3.05, 3.63) is 109 Å². The molecule has 0 aromatic heterocycles. The minimum atomic E-state index is -0.787. The lowest BCUT2D eigenvalue weighted by Gasteiger charge is -2.18. The first-order valence-electron chi connectivity index (χ1n) is 29.4. The zero-order valence-electron chi connectivity index (χ0n) is 46.2. The molecule has 6 nitrogen and oxygen atoms in total. The van der Waals surface area contributed by atoms with Crippen molar-refractivity contribution >= 4 is 17.9 Å². The van der Waals surface area contributed by atoms with E-state index in [-0.39, 0.29) is 31.1 Å². The molecule has 0 aliphatic rings. The first-order chi connectivity index (χ1) is 35.0. The third kappa shape index (κ3) is 56.9. The highest BCUT2D eigenvalue weighted by atomic mass is 16.6. The average Bonchev–Trinajstić information content (AvgIpc) is 3.37. The SMILES string of the molecule is CC/C=C\C/C=C\C/C=C\C/C=C\C/C=C\C/C=C\C/C=C\C/C=C\C/C=C\CCCCCC(=O)OCC(COC(=O)CCCCCCC)OC(=O)CCCCCCCCCCCCCCCCCCC. The molecule has 0 saturated heterocycles. The molecule has 0 aromatic carbocycles. The Labute approximate surface area is 438 Å². The van der Waals surface area contributed by atoms with Crippen molar-refractivity contribution in [2.75, 3.05) is 13.2 Å². The molecule has 0 heterocycles. The minimum Gasteiger partial charge on any atom is -0.462 e. The number of carbonyl (C=O) groups is 3. The van der Waals surface area contributed by atoms with Crippen LogP contribution in [0.4, 0.5) is 0 Å². The molecule has 0 aromatic rings. The maximum atomic E-state index is 12.8. The van der Waals surface area contributed by atoms with Crippen LogP contribution in [0.2, 0.25) is 0 Å². The summed E-state index contributed by atoms with van der Waals surface area (Å²) < 4.78 is 16.7. The van der Waals surface area contributed by atoms with Crippen LogP contribution in [-0.2, 0) is 28.6 Å². The van der Waals surface area contributed by atoms with Crippen LogP contribution in [0.3, 0.4) is 0 Å². The quantitative estimate of drug-likeness (QED) is 0.0261. The predicted molar refractivity (Wildman–Crippen MR) is 307 cm³/mol. The van der Waals surface area contributed by atoms with E-state index in [1.165, 1.54) is 96.3 Å². The van der Waals surface area contributed by atoms with E-state index in [0.717, 1.165) is 128 Å². The molecule has 0 amide bonds. The lowest BCUT2D eigenvalue weighted by molar-refractivity contribution is -0.167. The van der Waals surface area contributed by atoms with Gasteiger partial charge in [0.15, 0.2) is 6.10 Å². The monoisotopic (exact) mass is 985 g/mol. The van der Waals surface area contributed by atoms with E-state index in [0.29, 0.717) is 19.3 Å². The summed E-state index contributed by atoms with van der Waals surface area (Å²) >= 11 is 0. The third-order valence-corrected chi connectivity index (χ3v) is 12.3. The average molecular weight is 986 g/mol. The fourth-order valence-corrected chi connectivity index (χ4v) is 7.91. The molecule has 0 fully saturated rings. The maximum absolute atomic E-state index is 12.8. The van der Waals surface area contributed by atoms with E-state index in [1.807, 2.05) is 0 Å². The number of unbranched alkanes of at least 4 members (excludes halogenated alkanes) is 23. The Balaban J connectivity index is 4.16. The highest BCUT2D eigenvalue weighted by Gasteiger charge is 2.19. The van der Waals surface area contributed by atoms with Gasteiger partial charge in [-0.25, -0.2) is 0 Å². The normalized spacial score (nSPS) is 12.9. The number of carbonyl (C=O) groups excluding carboxylic acids is 3. The molecule has 0 spiro atoms. The van der Waals surface area contributed by atoms with Gasteiger partial charge in [0.25, 0.3) is 0 Å². The molecule has 1 atom stereocenters. The molecular weight excluding hydrogens is 877 g/mol. The standard InChI is InChI=1S/C65H108O6/c1-4-7-10-13-15-17-19-21-23-25-26-27-28-29-30-31-32-33-34-35-36-37-38-40-41-43-45-47-49-52-55-58-64(67)70-61-62(60-69-63(66)57-54-51-12-9-6-3)71-65(68)59-56-53-50-48-46-44-42-39-24-22-20-18-16-14-11-8-5-2/h7,10,15,17,21,23,26-27,29-30,32-33,35-36,38,40,43,45,62H,4-6,8-9,11-14,16,18-20,22,24-25,28,31,34,37,39,41-42,44,46-61H2,1-3H3/b10-7-,17-15-,23-21-,27-26-,30-29-,33-32-,36-35-,40-38-,45-43-. The molecule has 6 heteroatoms. The van der Waals surface area contributed by atoms with Gasteiger partial charge >= 0.3 is 17.9 Å². The van der Waals surface area contributed by atoms with Gasteiger partial charge in [-0.3, -0.25) is 14.4 Å². The Bertz CT molecular complexity index is 1460. The summed E-state index contributed by atoms with van der Waals surface area (Å²) in [5.41, 5.74) is 0. The summed E-state index contributed by atoms with van der Waals surface area (Å²) in [7, 11) is 0. The lowest BCUT2D eigenvalue weighted by atomic mass is 10.0. The van der Waals surface area contributed by atoms with E-state index in [9.17, 15) is 14.4 Å². The molecular formula is C65H108O6. The van der Waals surface area contributed by atoms with Crippen LogP contribution in [-0.4, -0.2) is 37.2 Å². The van der Waals surface area contributed by atoms with Gasteiger partial charge in [-0.05, 0) is 89.9 Å². The zero-order valence-corrected chi connectivity index (χ0v) is 46.2. The summed E-state index contributed by atoms with van der Waals surface area (Å²) in [4.78, 5) is 37.8. The van der Waals surface area contributed by atoms with Gasteiger partial charge in [0.05, 0.1) is 0 Å². The number of hydrogen-bond donors (Lipinski definition) is 0. The van der Waals surface area contributed by atoms with Crippen LogP contribution in [0.15, 0.2) is 109 Å². The number of ether oxygens (including phenoxy) is 3. The molecule has 0 saturated carbocycles. The first kappa shape index (κ1) is 67.1. The first-order valence-corrected chi connectivity index (χ1v) is 29.4. The van der Waals surface area contributed by atoms with Crippen molar-refractivity contribution in [1.82, 2.24) is 0 Å². The Hall–Kier alpha value is -3.93. The summed E-state index contributed by atoms with van der Waals surface area (Å²) in [5, 5.41) is 0. The Morgan fingerprint density at radius 3 is 0.859 bits per heavy atom. The van der Waals surface area contributed by atoms with Crippen molar-refractivity contribution < 1.29 is 28.6 Å². The van der Waals surface area contributed by atoms with E-state index in [4.69, 9.17) is 14.2 Å². The topological polar surface area (TPSA) is 78.9 Å². The maximum Gasteiger partial charge on any atom is 0.306 e. The second kappa shape index (κ2) is 58.6. The Morgan fingerprint density at radius 1 is 0.296 bits per heavy atom. The fraction of sp³-hybridized carbons (Fsp3) is 0.677. The van der Waals surface area contributed by atoms with E-state index in [1.54, 1.807) is 0 Å². The van der Waals surface area contributed by atoms with Crippen LogP contribution in [0.5, 0.6) is 0 Å². The third-order valence-electron chi connectivity index (χ3n) is 12.3. The van der Waals surface area contributed by atoms with Gasteiger partial charge in [0, 0.05) is 19.3 Å². The molecule has 0 rings (SSSR count). The second-order valence-electron chi connectivity index (χ2n) is 19.2. The van der Waals surface area contributed by atoms with Gasteiger partial charge in [-0.15, -0.1) is 0 Å². The molecule has 0 aliphatic carbocycles. The fourth-order valence-electron chi connectivity index (χ4n) is 7.91. The zero-order chi connectivity index (χ0) is 51.4. The van der Waals surface area contributed by atoms with Crippen molar-refractivity contribution in [3.63, 3.8) is 0 Å². The summed E-state index contributed by atoms with van der Waals surface area (Å²) in [6.45, 7) is 6.42. The molecule has 0 aliphatic heterocycles. The number of rotatable bonds is 52. The second-order valence-corrected chi connectivity index (χ2v) is 19.2. The van der Waals surface area contributed by atoms with Crippen LogP contribution in [0, 0.1) is 0 Å². The van der Waals surface area contributed by atoms with Crippen LogP contribution in [0.25, 0.3) is 0 Å². The van der Waals surface area contributed by atoms with Crippen LogP contribution < -0.4 is 0 Å². The van der Waals surface area contributed by atoms with E-state index >= 15 is 0 Å². The van der Waals surface area contributed by atoms with Crippen LogP contribution >= 0.6 is 0 Å². The van der Waals surface area contributed by atoms with Crippen molar-refractivity contribution in [2.24, 2.45) is 0 Å². The molecule has 0 N–H and O–H groups in total. The van der Waals surface area contributed by atoms with Crippen molar-refractivity contribution in [1.29, 1.82) is 0 Å². The molecule has 404 valence electrons. The van der Waals surface area contributed by atoms with Gasteiger partial charge in [-0.2, -0.15) is 0 Å². The summed E-state index contributed by atoms with van der Waals surface area (Å²) in [5.74, 6) is -0.933. The Kier molecular flexibility index (Phi) is 55.4. The van der Waals surface area contributed by atoms with Crippen LogP contribution in [0.1, 0.15) is 265 Å². The molecule has 0 radical (unpaired) electrons. The lowest BCUT2D eigenvalue weighted by Crippen LogP contribution is -2.30. The molecule has 1 unspecified atom stereocenters. The highest BCUT2D eigenvalue weighted by molar-refractivity contribution is 5.71. The van der Waals surface area contributed by atoms with Crippen molar-refractivity contribution in [2.45, 2.75) is 271 Å². The molecule has 0 bridgehead atoms. The number of allylic oxidation sites excluding steroid dienone is 18. The Morgan fingerprint density at radius 2 is 0.549 bits per heavy atom. The smallest absolute Gasteiger partial charge is 0.306 e. The summed E-state index contributed by atoms with van der Waals surface area (Å²) in [6.07, 6.45) is 79.9. The number of esters is 3. The van der Waals surface area contributed by atoms with Gasteiger partial charge in [0.1, 0.15) is 13.2 Å². The minimum absolute atomic E-state index is 0.0881. The number of hydrogen-bond acceptors (Lipinski definition) is 6. The van der Waals surface area contributed by atoms with Crippen molar-refractivity contribution in [3.8, 4) is 0 Å².